The molecule has 0 aliphatic carbocycles. The van der Waals surface area contributed by atoms with Crippen LogP contribution in [0.25, 0.3) is 0 Å². The number of sulfonamides is 1. The lowest BCUT2D eigenvalue weighted by molar-refractivity contribution is 0.212. The highest BCUT2D eigenvalue weighted by Crippen LogP contribution is 2.37. The number of nitrogens with two attached hydrogens (primary N) is 1. The Morgan fingerprint density at radius 3 is 2.81 bits per heavy atom. The van der Waals surface area contributed by atoms with Crippen LogP contribution in [0, 0.1) is 5.92 Å². The van der Waals surface area contributed by atoms with E-state index in [1.807, 2.05) is 31.2 Å². The minimum Gasteiger partial charge on any atom is -0.493 e. The summed E-state index contributed by atoms with van der Waals surface area (Å²) in [7, 11) is -3.45. The molecule has 0 amide bonds. The van der Waals surface area contributed by atoms with Crippen molar-refractivity contribution >= 4 is 10.0 Å². The number of benzene rings is 1. The average molecular weight is 241 g/mol. The van der Waals surface area contributed by atoms with Crippen molar-refractivity contribution in [1.29, 1.82) is 0 Å². The highest BCUT2D eigenvalue weighted by molar-refractivity contribution is 7.89. The lowest BCUT2D eigenvalue weighted by atomic mass is 9.87. The van der Waals surface area contributed by atoms with Crippen molar-refractivity contribution in [1.82, 2.24) is 0 Å². The molecule has 0 aromatic heterocycles. The first-order valence-electron chi connectivity index (χ1n) is 5.19. The van der Waals surface area contributed by atoms with Crippen molar-refractivity contribution in [3.8, 4) is 5.75 Å². The van der Waals surface area contributed by atoms with Gasteiger partial charge in [0.2, 0.25) is 10.0 Å². The molecule has 1 aromatic rings. The van der Waals surface area contributed by atoms with Crippen LogP contribution in [0.3, 0.4) is 0 Å². The quantitative estimate of drug-likeness (QED) is 0.842. The molecule has 0 radical (unpaired) electrons. The third-order valence-electron chi connectivity index (χ3n) is 2.92. The summed E-state index contributed by atoms with van der Waals surface area (Å²) in [5, 5.41) is 5.12. The number of primary sulfonamides is 1. The summed E-state index contributed by atoms with van der Waals surface area (Å²) >= 11 is 0. The van der Waals surface area contributed by atoms with Gasteiger partial charge in [-0.2, -0.15) is 0 Å². The minimum atomic E-state index is -3.45. The molecule has 1 aliphatic rings. The molecule has 88 valence electrons. The second-order valence-corrected chi connectivity index (χ2v) is 5.92. The largest absolute Gasteiger partial charge is 0.493 e. The third-order valence-corrected chi connectivity index (χ3v) is 3.74. The molecular formula is C11H15NO3S. The zero-order valence-corrected chi connectivity index (χ0v) is 9.91. The first-order valence-corrected chi connectivity index (χ1v) is 6.91. The van der Waals surface area contributed by atoms with Crippen LogP contribution in [0.2, 0.25) is 0 Å². The first kappa shape index (κ1) is 11.4. The van der Waals surface area contributed by atoms with Crippen LogP contribution in [0.5, 0.6) is 5.75 Å². The topological polar surface area (TPSA) is 69.4 Å². The Morgan fingerprint density at radius 2 is 2.12 bits per heavy atom. The molecule has 2 atom stereocenters. The standard InChI is InChI=1S/C11H15NO3S/c1-8-6-15-11-5-3-2-4-9(11)10(8)7-16(12,13)14/h2-5,8,10H,6-7H2,1H3,(H2,12,13,14)/t8-,10+/m1/s1. The molecule has 0 spiro atoms. The molecule has 0 bridgehead atoms. The van der Waals surface area contributed by atoms with E-state index < -0.39 is 10.0 Å². The predicted octanol–water partition coefficient (Wildman–Crippen LogP) is 1.09. The monoisotopic (exact) mass is 241 g/mol. The van der Waals surface area contributed by atoms with Gasteiger partial charge in [-0.1, -0.05) is 25.1 Å². The maximum absolute atomic E-state index is 11.2. The second-order valence-electron chi connectivity index (χ2n) is 4.26. The van der Waals surface area contributed by atoms with Crippen LogP contribution in [-0.2, 0) is 10.0 Å². The molecule has 1 heterocycles. The Bertz CT molecular complexity index is 484. The lowest BCUT2D eigenvalue weighted by Gasteiger charge is -2.30. The number of fused-ring (bicyclic) bond motifs is 1. The maximum atomic E-state index is 11.2. The van der Waals surface area contributed by atoms with Crippen LogP contribution in [0.15, 0.2) is 24.3 Å². The average Bonchev–Trinajstić information content (AvgIpc) is 2.21. The van der Waals surface area contributed by atoms with Gasteiger partial charge in [0, 0.05) is 5.92 Å². The van der Waals surface area contributed by atoms with Crippen molar-refractivity contribution < 1.29 is 13.2 Å². The summed E-state index contributed by atoms with van der Waals surface area (Å²) in [5.74, 6) is 0.844. The smallest absolute Gasteiger partial charge is 0.209 e. The van der Waals surface area contributed by atoms with E-state index in [0.717, 1.165) is 11.3 Å². The Balaban J connectivity index is 2.37. The van der Waals surface area contributed by atoms with Crippen LogP contribution < -0.4 is 9.88 Å². The zero-order valence-electron chi connectivity index (χ0n) is 9.09. The Labute approximate surface area is 95.5 Å². The molecule has 0 saturated carbocycles. The van der Waals surface area contributed by atoms with Crippen LogP contribution in [0.4, 0.5) is 0 Å². The SMILES string of the molecule is C[C@@H]1COc2ccccc2[C@H]1CS(N)(=O)=O. The van der Waals surface area contributed by atoms with Crippen molar-refractivity contribution in [2.75, 3.05) is 12.4 Å². The molecule has 1 aromatic carbocycles. The predicted molar refractivity (Wildman–Crippen MR) is 61.8 cm³/mol. The molecule has 1 aliphatic heterocycles. The Morgan fingerprint density at radius 1 is 1.44 bits per heavy atom. The molecule has 2 N–H and O–H groups in total. The number of hydrogen-bond acceptors (Lipinski definition) is 3. The van der Waals surface area contributed by atoms with Crippen LogP contribution in [0.1, 0.15) is 18.4 Å². The van der Waals surface area contributed by atoms with Gasteiger partial charge in [0.1, 0.15) is 5.75 Å². The van der Waals surface area contributed by atoms with Gasteiger partial charge in [-0.25, -0.2) is 13.6 Å². The van der Waals surface area contributed by atoms with Crippen molar-refractivity contribution in [2.24, 2.45) is 11.1 Å². The van der Waals surface area contributed by atoms with E-state index in [1.54, 1.807) is 0 Å². The summed E-state index contributed by atoms with van der Waals surface area (Å²) in [6, 6.07) is 7.53. The molecule has 2 rings (SSSR count). The molecule has 4 nitrogen and oxygen atoms in total. The minimum absolute atomic E-state index is 0.0193. The van der Waals surface area contributed by atoms with Crippen molar-refractivity contribution in [3.63, 3.8) is 0 Å². The van der Waals surface area contributed by atoms with Gasteiger partial charge in [-0.15, -0.1) is 0 Å². The summed E-state index contributed by atoms with van der Waals surface area (Å²) < 4.78 is 27.9. The Hall–Kier alpha value is -1.07. The lowest BCUT2D eigenvalue weighted by Crippen LogP contribution is -2.31. The highest BCUT2D eigenvalue weighted by atomic mass is 32.2. The van der Waals surface area contributed by atoms with Crippen molar-refractivity contribution in [3.05, 3.63) is 29.8 Å². The van der Waals surface area contributed by atoms with Gasteiger partial charge in [-0.3, -0.25) is 0 Å². The number of rotatable bonds is 2. The Kier molecular flexibility index (Phi) is 2.90. The second kappa shape index (κ2) is 4.07. The van der Waals surface area contributed by atoms with Crippen LogP contribution >= 0.6 is 0 Å². The van der Waals surface area contributed by atoms with E-state index >= 15 is 0 Å². The van der Waals surface area contributed by atoms with E-state index in [1.165, 1.54) is 0 Å². The summed E-state index contributed by atoms with van der Waals surface area (Å²) in [6.07, 6.45) is 0. The fourth-order valence-electron chi connectivity index (χ4n) is 2.07. The van der Waals surface area contributed by atoms with Gasteiger partial charge in [0.15, 0.2) is 0 Å². The number of ether oxygens (including phenoxy) is 1. The normalized spacial score (nSPS) is 24.6. The van der Waals surface area contributed by atoms with E-state index in [2.05, 4.69) is 0 Å². The van der Waals surface area contributed by atoms with Gasteiger partial charge in [0.05, 0.1) is 12.4 Å². The highest BCUT2D eigenvalue weighted by Gasteiger charge is 2.30. The summed E-state index contributed by atoms with van der Waals surface area (Å²) in [4.78, 5) is 0. The molecule has 16 heavy (non-hydrogen) atoms. The maximum Gasteiger partial charge on any atom is 0.209 e. The molecule has 0 saturated heterocycles. The van der Waals surface area contributed by atoms with Gasteiger partial charge in [-0.05, 0) is 17.5 Å². The van der Waals surface area contributed by atoms with E-state index in [-0.39, 0.29) is 17.6 Å². The van der Waals surface area contributed by atoms with E-state index in [0.29, 0.717) is 6.61 Å². The van der Waals surface area contributed by atoms with Gasteiger partial charge >= 0.3 is 0 Å². The fourth-order valence-corrected chi connectivity index (χ4v) is 3.08. The number of para-hydroxylation sites is 1. The van der Waals surface area contributed by atoms with Crippen LogP contribution in [-0.4, -0.2) is 20.8 Å². The van der Waals surface area contributed by atoms with Gasteiger partial charge < -0.3 is 4.74 Å². The molecule has 5 heteroatoms. The first-order chi connectivity index (χ1) is 7.47. The summed E-state index contributed by atoms with van der Waals surface area (Å²) in [5.41, 5.74) is 0.940. The molecule has 0 unspecified atom stereocenters. The fraction of sp³-hybridized carbons (Fsp3) is 0.455. The van der Waals surface area contributed by atoms with E-state index in [9.17, 15) is 8.42 Å². The van der Waals surface area contributed by atoms with Crippen molar-refractivity contribution in [2.45, 2.75) is 12.8 Å². The van der Waals surface area contributed by atoms with E-state index in [4.69, 9.17) is 9.88 Å². The molecule has 0 fully saturated rings. The number of hydrogen-bond donors (Lipinski definition) is 1. The zero-order chi connectivity index (χ0) is 11.8. The molecular weight excluding hydrogens is 226 g/mol. The van der Waals surface area contributed by atoms with Gasteiger partial charge in [0.25, 0.3) is 0 Å². The summed E-state index contributed by atoms with van der Waals surface area (Å²) in [6.45, 7) is 2.52. The third kappa shape index (κ3) is 2.36.